The zero-order valence-electron chi connectivity index (χ0n) is 17.1. The molecule has 1 atom stereocenters. The maximum Gasteiger partial charge on any atom is 0.246 e. The number of carbonyl (C=O) groups excluding carboxylic acids is 1. The van der Waals surface area contributed by atoms with Crippen molar-refractivity contribution in [3.63, 3.8) is 0 Å². The van der Waals surface area contributed by atoms with Gasteiger partial charge in [-0.3, -0.25) is 4.79 Å². The second-order valence-corrected chi connectivity index (χ2v) is 6.81. The van der Waals surface area contributed by atoms with Crippen LogP contribution in [0, 0.1) is 0 Å². The highest BCUT2D eigenvalue weighted by atomic mass is 16.5. The highest BCUT2D eigenvalue weighted by Crippen LogP contribution is 2.27. The lowest BCUT2D eigenvalue weighted by atomic mass is 10.2. The number of imidazole rings is 1. The van der Waals surface area contributed by atoms with Crippen LogP contribution in [0.5, 0.6) is 11.5 Å². The van der Waals surface area contributed by atoms with Gasteiger partial charge in [-0.05, 0) is 45.0 Å². The van der Waals surface area contributed by atoms with Crippen LogP contribution in [-0.4, -0.2) is 28.7 Å². The van der Waals surface area contributed by atoms with Crippen molar-refractivity contribution >= 4 is 16.9 Å². The molecule has 0 saturated heterocycles. The molecular formula is C23H27N3O3. The lowest BCUT2D eigenvalue weighted by Gasteiger charge is -2.17. The van der Waals surface area contributed by atoms with Crippen molar-refractivity contribution in [1.82, 2.24) is 14.9 Å². The van der Waals surface area contributed by atoms with E-state index in [0.717, 1.165) is 22.6 Å². The lowest BCUT2D eigenvalue weighted by molar-refractivity contribution is -0.118. The minimum atomic E-state index is -0.262. The second-order valence-electron chi connectivity index (χ2n) is 6.81. The first-order valence-corrected chi connectivity index (χ1v) is 9.77. The molecule has 6 heteroatoms. The first kappa shape index (κ1) is 20.5. The largest absolute Gasteiger partial charge is 0.490 e. The van der Waals surface area contributed by atoms with Gasteiger partial charge < -0.3 is 19.4 Å². The summed E-state index contributed by atoms with van der Waals surface area (Å²) in [5, 5.41) is 2.95. The van der Waals surface area contributed by atoms with Crippen LogP contribution in [0.2, 0.25) is 0 Å². The van der Waals surface area contributed by atoms with Crippen molar-refractivity contribution in [3.05, 3.63) is 66.5 Å². The third kappa shape index (κ3) is 4.77. The van der Waals surface area contributed by atoms with Gasteiger partial charge in [-0.1, -0.05) is 30.8 Å². The Morgan fingerprint density at radius 2 is 1.79 bits per heavy atom. The van der Waals surface area contributed by atoms with E-state index in [-0.39, 0.29) is 11.9 Å². The quantitative estimate of drug-likeness (QED) is 0.552. The molecule has 1 aromatic heterocycles. The fourth-order valence-electron chi connectivity index (χ4n) is 3.14. The van der Waals surface area contributed by atoms with E-state index in [1.807, 2.05) is 62.4 Å². The molecule has 1 unspecified atom stereocenters. The number of aromatic nitrogens is 2. The first-order valence-electron chi connectivity index (χ1n) is 9.77. The van der Waals surface area contributed by atoms with E-state index >= 15 is 0 Å². The number of fused-ring (bicyclic) bond motifs is 1. The summed E-state index contributed by atoms with van der Waals surface area (Å²) in [6.07, 6.45) is 0. The predicted molar refractivity (Wildman–Crippen MR) is 114 cm³/mol. The van der Waals surface area contributed by atoms with Crippen LogP contribution >= 0.6 is 0 Å². The van der Waals surface area contributed by atoms with Crippen LogP contribution < -0.4 is 14.8 Å². The number of ether oxygens (including phenoxy) is 2. The van der Waals surface area contributed by atoms with Crippen molar-refractivity contribution in [1.29, 1.82) is 0 Å². The Kier molecular flexibility index (Phi) is 6.54. The summed E-state index contributed by atoms with van der Waals surface area (Å²) in [4.78, 5) is 16.8. The minimum Gasteiger partial charge on any atom is -0.490 e. The van der Waals surface area contributed by atoms with E-state index < -0.39 is 0 Å². The van der Waals surface area contributed by atoms with Crippen molar-refractivity contribution in [2.45, 2.75) is 33.4 Å². The highest BCUT2D eigenvalue weighted by molar-refractivity contribution is 5.92. The Morgan fingerprint density at radius 1 is 1.14 bits per heavy atom. The number of hydrogen-bond acceptors (Lipinski definition) is 4. The molecule has 6 nitrogen and oxygen atoms in total. The average molecular weight is 393 g/mol. The van der Waals surface area contributed by atoms with Gasteiger partial charge in [-0.15, -0.1) is 0 Å². The molecule has 0 bridgehead atoms. The number of amides is 1. The lowest BCUT2D eigenvalue weighted by Crippen LogP contribution is -2.29. The maximum absolute atomic E-state index is 12.1. The van der Waals surface area contributed by atoms with E-state index in [2.05, 4.69) is 16.5 Å². The van der Waals surface area contributed by atoms with Gasteiger partial charge in [-0.25, -0.2) is 4.98 Å². The summed E-state index contributed by atoms with van der Waals surface area (Å²) < 4.78 is 13.7. The van der Waals surface area contributed by atoms with Crippen molar-refractivity contribution in [2.24, 2.45) is 0 Å². The standard InChI is InChI=1S/C23H27N3O3/c1-5-28-20-12-8-9-13-21(20)29-15-14-26-19-11-7-6-10-18(19)25-22(26)17(4)24-23(27)16(2)3/h6-13,17H,2,5,14-15H2,1,3-4H3,(H,24,27). The van der Waals surface area contributed by atoms with Crippen LogP contribution in [0.25, 0.3) is 11.0 Å². The topological polar surface area (TPSA) is 65.4 Å². The van der Waals surface area contributed by atoms with E-state index in [1.165, 1.54) is 0 Å². The van der Waals surface area contributed by atoms with E-state index in [1.54, 1.807) is 6.92 Å². The summed E-state index contributed by atoms with van der Waals surface area (Å²) in [5.41, 5.74) is 2.35. The third-order valence-electron chi connectivity index (χ3n) is 4.53. The number of hydrogen-bond donors (Lipinski definition) is 1. The van der Waals surface area contributed by atoms with Crippen LogP contribution in [-0.2, 0) is 11.3 Å². The molecule has 0 aliphatic heterocycles. The Bertz CT molecular complexity index is 1010. The molecular weight excluding hydrogens is 366 g/mol. The Labute approximate surface area is 171 Å². The fraction of sp³-hybridized carbons (Fsp3) is 0.304. The molecule has 29 heavy (non-hydrogen) atoms. The van der Waals surface area contributed by atoms with E-state index in [9.17, 15) is 4.79 Å². The molecule has 1 N–H and O–H groups in total. The molecule has 152 valence electrons. The minimum absolute atomic E-state index is 0.182. The summed E-state index contributed by atoms with van der Waals surface area (Å²) >= 11 is 0. The average Bonchev–Trinajstić information content (AvgIpc) is 3.08. The Hall–Kier alpha value is -3.28. The summed E-state index contributed by atoms with van der Waals surface area (Å²) in [6.45, 7) is 10.9. The zero-order chi connectivity index (χ0) is 20.8. The normalized spacial score (nSPS) is 11.8. The molecule has 0 radical (unpaired) electrons. The highest BCUT2D eigenvalue weighted by Gasteiger charge is 2.18. The smallest absolute Gasteiger partial charge is 0.246 e. The number of benzene rings is 2. The monoisotopic (exact) mass is 393 g/mol. The van der Waals surface area contributed by atoms with Gasteiger partial charge in [0.2, 0.25) is 5.91 Å². The Morgan fingerprint density at radius 3 is 2.48 bits per heavy atom. The van der Waals surface area contributed by atoms with E-state index in [0.29, 0.717) is 31.1 Å². The predicted octanol–water partition coefficient (Wildman–Crippen LogP) is 4.27. The third-order valence-corrected chi connectivity index (χ3v) is 4.53. The SMILES string of the molecule is C=C(C)C(=O)NC(C)c1nc2ccccc2n1CCOc1ccccc1OCC. The van der Waals surface area contributed by atoms with Gasteiger partial charge in [0.1, 0.15) is 12.4 Å². The number of nitrogens with one attached hydrogen (secondary N) is 1. The number of nitrogens with zero attached hydrogens (tertiary/aromatic N) is 2. The molecule has 0 aliphatic rings. The molecule has 3 rings (SSSR count). The fourth-order valence-corrected chi connectivity index (χ4v) is 3.14. The maximum atomic E-state index is 12.1. The zero-order valence-corrected chi connectivity index (χ0v) is 17.1. The number of para-hydroxylation sites is 4. The van der Waals surface area contributed by atoms with Crippen molar-refractivity contribution in [2.75, 3.05) is 13.2 Å². The van der Waals surface area contributed by atoms with Gasteiger partial charge in [0.25, 0.3) is 0 Å². The van der Waals surface area contributed by atoms with Gasteiger partial charge in [-0.2, -0.15) is 0 Å². The van der Waals surface area contributed by atoms with Crippen LogP contribution in [0.3, 0.4) is 0 Å². The second kappa shape index (κ2) is 9.28. The van der Waals surface area contributed by atoms with Crippen LogP contribution in [0.1, 0.15) is 32.6 Å². The molecule has 0 fully saturated rings. The summed E-state index contributed by atoms with van der Waals surface area (Å²) in [5.74, 6) is 2.04. The molecule has 1 amide bonds. The molecule has 3 aromatic rings. The van der Waals surface area contributed by atoms with Crippen LogP contribution in [0.15, 0.2) is 60.7 Å². The van der Waals surface area contributed by atoms with E-state index in [4.69, 9.17) is 14.5 Å². The van der Waals surface area contributed by atoms with Gasteiger partial charge >= 0.3 is 0 Å². The molecule has 0 spiro atoms. The Balaban J connectivity index is 1.81. The summed E-state index contributed by atoms with van der Waals surface area (Å²) in [6, 6.07) is 15.3. The number of carbonyl (C=O) groups is 1. The molecule has 0 saturated carbocycles. The van der Waals surface area contributed by atoms with Gasteiger partial charge in [0.05, 0.1) is 30.2 Å². The van der Waals surface area contributed by atoms with Crippen molar-refractivity contribution < 1.29 is 14.3 Å². The first-order chi connectivity index (χ1) is 14.0. The van der Waals surface area contributed by atoms with Gasteiger partial charge in [0, 0.05) is 5.57 Å². The number of rotatable bonds is 9. The summed E-state index contributed by atoms with van der Waals surface area (Å²) in [7, 11) is 0. The molecule has 0 aliphatic carbocycles. The van der Waals surface area contributed by atoms with Crippen LogP contribution in [0.4, 0.5) is 0 Å². The molecule has 2 aromatic carbocycles. The van der Waals surface area contributed by atoms with Gasteiger partial charge in [0.15, 0.2) is 11.5 Å². The van der Waals surface area contributed by atoms with Crippen molar-refractivity contribution in [3.8, 4) is 11.5 Å². The molecule has 1 heterocycles.